The van der Waals surface area contributed by atoms with Crippen LogP contribution in [0.5, 0.6) is 0 Å². The first-order valence-corrected chi connectivity index (χ1v) is 8.08. The number of hydrogen-bond donors (Lipinski definition) is 1. The Morgan fingerprint density at radius 2 is 1.75 bits per heavy atom. The second kappa shape index (κ2) is 6.26. The molecule has 0 unspecified atom stereocenters. The highest BCUT2D eigenvalue weighted by molar-refractivity contribution is 7.91. The zero-order chi connectivity index (χ0) is 15.4. The molecule has 0 atom stereocenters. The lowest BCUT2D eigenvalue weighted by Crippen LogP contribution is -2.32. The van der Waals surface area contributed by atoms with Crippen molar-refractivity contribution in [2.24, 2.45) is 0 Å². The minimum Gasteiger partial charge on any atom is -0.444 e. The average molecular weight is 299 g/mol. The third kappa shape index (κ3) is 5.21. The summed E-state index contributed by atoms with van der Waals surface area (Å²) in [5.41, 5.74) is 0.272. The Labute approximate surface area is 120 Å². The van der Waals surface area contributed by atoms with Gasteiger partial charge in [0.1, 0.15) is 5.60 Å². The molecule has 6 heteroatoms. The van der Waals surface area contributed by atoms with E-state index >= 15 is 0 Å². The van der Waals surface area contributed by atoms with Gasteiger partial charge in [-0.15, -0.1) is 0 Å². The van der Waals surface area contributed by atoms with E-state index < -0.39 is 21.5 Å². The second-order valence-electron chi connectivity index (χ2n) is 5.40. The van der Waals surface area contributed by atoms with Crippen LogP contribution in [0.3, 0.4) is 0 Å². The fourth-order valence-electron chi connectivity index (χ4n) is 1.47. The van der Waals surface area contributed by atoms with E-state index in [0.717, 1.165) is 5.56 Å². The molecule has 0 aliphatic rings. The van der Waals surface area contributed by atoms with E-state index in [-0.39, 0.29) is 5.75 Å². The summed E-state index contributed by atoms with van der Waals surface area (Å²) in [5, 5.41) is 2.62. The molecule has 20 heavy (non-hydrogen) atoms. The topological polar surface area (TPSA) is 72.5 Å². The van der Waals surface area contributed by atoms with Gasteiger partial charge in [-0.3, -0.25) is 0 Å². The summed E-state index contributed by atoms with van der Waals surface area (Å²) >= 11 is 0. The van der Waals surface area contributed by atoms with Gasteiger partial charge in [-0.2, -0.15) is 0 Å². The van der Waals surface area contributed by atoms with Crippen LogP contribution < -0.4 is 5.32 Å². The normalized spacial score (nSPS) is 12.0. The molecule has 0 heterocycles. The highest BCUT2D eigenvalue weighted by Gasteiger charge is 2.16. The molecule has 0 saturated carbocycles. The average Bonchev–Trinajstić information content (AvgIpc) is 2.35. The van der Waals surface area contributed by atoms with Gasteiger partial charge in [-0.05, 0) is 38.5 Å². The zero-order valence-electron chi connectivity index (χ0n) is 12.3. The van der Waals surface area contributed by atoms with Crippen LogP contribution in [0.1, 0.15) is 33.3 Å². The Kier molecular flexibility index (Phi) is 5.16. The minimum absolute atomic E-state index is 0.0719. The first-order valence-electron chi connectivity index (χ1n) is 6.42. The van der Waals surface area contributed by atoms with Crippen LogP contribution in [-0.4, -0.2) is 25.9 Å². The number of carbonyl (C=O) groups excluding carboxylic acids is 1. The lowest BCUT2D eigenvalue weighted by Gasteiger charge is -2.19. The fourth-order valence-corrected chi connectivity index (χ4v) is 2.35. The van der Waals surface area contributed by atoms with Crippen LogP contribution in [0.2, 0.25) is 0 Å². The Balaban J connectivity index is 2.61. The van der Waals surface area contributed by atoms with Crippen molar-refractivity contribution in [3.63, 3.8) is 0 Å². The first-order chi connectivity index (χ1) is 9.14. The quantitative estimate of drug-likeness (QED) is 0.927. The number of amides is 1. The molecule has 0 radical (unpaired) electrons. The number of benzene rings is 1. The molecule has 5 nitrogen and oxygen atoms in total. The predicted octanol–water partition coefficient (Wildman–Crippen LogP) is 2.50. The van der Waals surface area contributed by atoms with Crippen LogP contribution in [0.25, 0.3) is 0 Å². The number of hydrogen-bond acceptors (Lipinski definition) is 4. The van der Waals surface area contributed by atoms with Gasteiger partial charge in [0.25, 0.3) is 0 Å². The minimum atomic E-state index is -3.18. The molecule has 1 N–H and O–H groups in total. The number of ether oxygens (including phenoxy) is 1. The third-order valence-corrected chi connectivity index (χ3v) is 4.25. The van der Waals surface area contributed by atoms with E-state index in [1.165, 1.54) is 0 Å². The van der Waals surface area contributed by atoms with Gasteiger partial charge < -0.3 is 10.1 Å². The summed E-state index contributed by atoms with van der Waals surface area (Å²) in [7, 11) is -3.18. The molecule has 1 aromatic rings. The Hall–Kier alpha value is -1.56. The molecular weight excluding hydrogens is 278 g/mol. The molecule has 1 amide bonds. The van der Waals surface area contributed by atoms with Crippen molar-refractivity contribution in [3.8, 4) is 0 Å². The lowest BCUT2D eigenvalue weighted by atomic mass is 10.2. The Morgan fingerprint density at radius 3 is 2.20 bits per heavy atom. The fraction of sp³-hybridized carbons (Fsp3) is 0.500. The van der Waals surface area contributed by atoms with E-state index in [1.807, 2.05) is 0 Å². The number of sulfone groups is 1. The van der Waals surface area contributed by atoms with Crippen LogP contribution in [0.15, 0.2) is 29.2 Å². The molecule has 0 aromatic heterocycles. The maximum Gasteiger partial charge on any atom is 0.407 e. The van der Waals surface area contributed by atoms with Crippen molar-refractivity contribution >= 4 is 15.9 Å². The van der Waals surface area contributed by atoms with Crippen molar-refractivity contribution in [3.05, 3.63) is 29.8 Å². The highest BCUT2D eigenvalue weighted by Crippen LogP contribution is 2.12. The van der Waals surface area contributed by atoms with Crippen LogP contribution in [0, 0.1) is 0 Å². The standard InChI is InChI=1S/C14H21NO4S/c1-5-20(17,18)12-8-6-11(7-9-12)10-15-13(16)19-14(2,3)4/h6-9H,5,10H2,1-4H3,(H,15,16). The van der Waals surface area contributed by atoms with Crippen molar-refractivity contribution < 1.29 is 17.9 Å². The maximum atomic E-state index is 11.6. The summed E-state index contributed by atoms with van der Waals surface area (Å²) < 4.78 is 28.4. The summed E-state index contributed by atoms with van der Waals surface area (Å²) in [6, 6.07) is 6.45. The molecule has 0 fully saturated rings. The van der Waals surface area contributed by atoms with E-state index in [9.17, 15) is 13.2 Å². The van der Waals surface area contributed by atoms with Gasteiger partial charge in [0.2, 0.25) is 0 Å². The summed E-state index contributed by atoms with van der Waals surface area (Å²) in [6.07, 6.45) is -0.497. The first kappa shape index (κ1) is 16.5. The Bertz CT molecular complexity index is 556. The van der Waals surface area contributed by atoms with Crippen LogP contribution >= 0.6 is 0 Å². The molecule has 0 bridgehead atoms. The van der Waals surface area contributed by atoms with Gasteiger partial charge in [0.05, 0.1) is 10.6 Å². The van der Waals surface area contributed by atoms with Gasteiger partial charge in [0, 0.05) is 6.54 Å². The van der Waals surface area contributed by atoms with E-state index in [0.29, 0.717) is 11.4 Å². The summed E-state index contributed by atoms with van der Waals surface area (Å²) in [5.74, 6) is 0.0719. The van der Waals surface area contributed by atoms with E-state index in [1.54, 1.807) is 52.0 Å². The van der Waals surface area contributed by atoms with Gasteiger partial charge >= 0.3 is 6.09 Å². The van der Waals surface area contributed by atoms with E-state index in [2.05, 4.69) is 5.32 Å². The van der Waals surface area contributed by atoms with Crippen LogP contribution in [0.4, 0.5) is 4.79 Å². The zero-order valence-corrected chi connectivity index (χ0v) is 13.1. The molecule has 1 aromatic carbocycles. The lowest BCUT2D eigenvalue weighted by molar-refractivity contribution is 0.0523. The summed E-state index contributed by atoms with van der Waals surface area (Å²) in [4.78, 5) is 11.8. The monoisotopic (exact) mass is 299 g/mol. The molecule has 1 rings (SSSR count). The number of alkyl carbamates (subject to hydrolysis) is 1. The van der Waals surface area contributed by atoms with Gasteiger partial charge in [0.15, 0.2) is 9.84 Å². The van der Waals surface area contributed by atoms with Crippen molar-refractivity contribution in [1.29, 1.82) is 0 Å². The van der Waals surface area contributed by atoms with Crippen molar-refractivity contribution in [2.45, 2.75) is 44.7 Å². The molecule has 0 spiro atoms. The molecule has 112 valence electrons. The number of nitrogens with one attached hydrogen (secondary N) is 1. The van der Waals surface area contributed by atoms with Gasteiger partial charge in [-0.25, -0.2) is 13.2 Å². The molecule has 0 aliphatic heterocycles. The smallest absolute Gasteiger partial charge is 0.407 e. The Morgan fingerprint density at radius 1 is 1.20 bits per heavy atom. The molecule has 0 saturated heterocycles. The maximum absolute atomic E-state index is 11.6. The number of rotatable bonds is 4. The van der Waals surface area contributed by atoms with Crippen molar-refractivity contribution in [2.75, 3.05) is 5.75 Å². The van der Waals surface area contributed by atoms with Crippen LogP contribution in [-0.2, 0) is 21.1 Å². The van der Waals surface area contributed by atoms with Gasteiger partial charge in [-0.1, -0.05) is 19.1 Å². The van der Waals surface area contributed by atoms with Crippen molar-refractivity contribution in [1.82, 2.24) is 5.32 Å². The second-order valence-corrected chi connectivity index (χ2v) is 7.68. The summed E-state index contributed by atoms with van der Waals surface area (Å²) in [6.45, 7) is 7.26. The van der Waals surface area contributed by atoms with E-state index in [4.69, 9.17) is 4.74 Å². The molecule has 0 aliphatic carbocycles. The largest absolute Gasteiger partial charge is 0.444 e. The number of carbonyl (C=O) groups is 1. The highest BCUT2D eigenvalue weighted by atomic mass is 32.2. The molecular formula is C14H21NO4S. The third-order valence-electron chi connectivity index (χ3n) is 2.50. The predicted molar refractivity (Wildman–Crippen MR) is 77.2 cm³/mol. The SMILES string of the molecule is CCS(=O)(=O)c1ccc(CNC(=O)OC(C)(C)C)cc1.